The Balaban J connectivity index is 0.000000413. The van der Waals surface area contributed by atoms with Crippen LogP contribution in [0.4, 0.5) is 0 Å². The number of carbonyl (C=O) groups is 2. The van der Waals surface area contributed by atoms with Crippen molar-refractivity contribution >= 4 is 11.9 Å². The van der Waals surface area contributed by atoms with Gasteiger partial charge in [0.25, 0.3) is 0 Å². The van der Waals surface area contributed by atoms with E-state index in [0.29, 0.717) is 0 Å². The third-order valence-electron chi connectivity index (χ3n) is 3.36. The van der Waals surface area contributed by atoms with E-state index in [4.69, 9.17) is 19.8 Å². The van der Waals surface area contributed by atoms with E-state index in [1.165, 1.54) is 16.7 Å². The number of hydrogen-bond acceptors (Lipinski definition) is 3. The maximum absolute atomic E-state index is 9.10. The SMILES string of the molecule is CCc1ccc(CN(C)Cc2ccccc2)cc1.O=C(O)C(=O)O. The van der Waals surface area contributed by atoms with E-state index in [1.807, 2.05) is 0 Å². The van der Waals surface area contributed by atoms with Crippen LogP contribution >= 0.6 is 0 Å². The standard InChI is InChI=1S/C17H21N.C2H2O4/c1-3-15-9-11-17(12-10-15)14-18(2)13-16-7-5-4-6-8-16;3-1(4)2(5)6/h4-12H,3,13-14H2,1-2H3;(H,3,4)(H,5,6). The maximum atomic E-state index is 9.10. The molecule has 2 N–H and O–H groups in total. The van der Waals surface area contributed by atoms with Crippen LogP contribution in [0.25, 0.3) is 0 Å². The molecular weight excluding hydrogens is 306 g/mol. The molecule has 0 radical (unpaired) electrons. The van der Waals surface area contributed by atoms with Crippen molar-refractivity contribution in [3.8, 4) is 0 Å². The Kier molecular flexibility index (Phi) is 8.22. The van der Waals surface area contributed by atoms with Crippen molar-refractivity contribution in [3.05, 3.63) is 71.3 Å². The Morgan fingerprint density at radius 3 is 1.62 bits per heavy atom. The first-order valence-corrected chi connectivity index (χ1v) is 7.68. The fraction of sp³-hybridized carbons (Fsp3) is 0.263. The fourth-order valence-electron chi connectivity index (χ4n) is 2.14. The van der Waals surface area contributed by atoms with Gasteiger partial charge < -0.3 is 10.2 Å². The molecule has 0 unspecified atom stereocenters. The molecule has 0 bridgehead atoms. The first-order chi connectivity index (χ1) is 11.4. The largest absolute Gasteiger partial charge is 0.473 e. The molecule has 0 saturated heterocycles. The molecule has 0 heterocycles. The molecule has 0 aliphatic rings. The van der Waals surface area contributed by atoms with Gasteiger partial charge in [0.1, 0.15) is 0 Å². The number of carboxylic acid groups (broad SMARTS) is 2. The summed E-state index contributed by atoms with van der Waals surface area (Å²) in [5, 5.41) is 14.8. The van der Waals surface area contributed by atoms with Crippen LogP contribution in [-0.4, -0.2) is 34.1 Å². The lowest BCUT2D eigenvalue weighted by Crippen LogP contribution is -2.17. The monoisotopic (exact) mass is 329 g/mol. The Bertz CT molecular complexity index is 626. The Labute approximate surface area is 142 Å². The highest BCUT2D eigenvalue weighted by atomic mass is 16.4. The van der Waals surface area contributed by atoms with Gasteiger partial charge in [0, 0.05) is 13.1 Å². The van der Waals surface area contributed by atoms with E-state index in [1.54, 1.807) is 0 Å². The summed E-state index contributed by atoms with van der Waals surface area (Å²) in [5.74, 6) is -3.65. The zero-order valence-corrected chi connectivity index (χ0v) is 14.0. The van der Waals surface area contributed by atoms with Crippen molar-refractivity contribution in [2.45, 2.75) is 26.4 Å². The third kappa shape index (κ3) is 7.56. The molecule has 0 atom stereocenters. The van der Waals surface area contributed by atoms with E-state index < -0.39 is 11.9 Å². The summed E-state index contributed by atoms with van der Waals surface area (Å²) in [5.41, 5.74) is 4.15. The Hall–Kier alpha value is -2.66. The molecule has 0 aliphatic heterocycles. The van der Waals surface area contributed by atoms with Crippen LogP contribution < -0.4 is 0 Å². The maximum Gasteiger partial charge on any atom is 0.414 e. The average Bonchev–Trinajstić information content (AvgIpc) is 2.57. The van der Waals surface area contributed by atoms with Crippen LogP contribution in [0.3, 0.4) is 0 Å². The second kappa shape index (κ2) is 10.2. The van der Waals surface area contributed by atoms with Gasteiger partial charge in [0.05, 0.1) is 0 Å². The summed E-state index contributed by atoms with van der Waals surface area (Å²) < 4.78 is 0. The molecule has 0 aliphatic carbocycles. The average molecular weight is 329 g/mol. The van der Waals surface area contributed by atoms with Gasteiger partial charge in [-0.25, -0.2) is 9.59 Å². The Morgan fingerprint density at radius 2 is 1.21 bits per heavy atom. The van der Waals surface area contributed by atoms with Crippen molar-refractivity contribution in [3.63, 3.8) is 0 Å². The van der Waals surface area contributed by atoms with E-state index in [2.05, 4.69) is 73.5 Å². The molecule has 0 fully saturated rings. The van der Waals surface area contributed by atoms with Crippen LogP contribution in [0, 0.1) is 0 Å². The molecule has 128 valence electrons. The van der Waals surface area contributed by atoms with E-state index >= 15 is 0 Å². The summed E-state index contributed by atoms with van der Waals surface area (Å²) in [6.45, 7) is 4.19. The Morgan fingerprint density at radius 1 is 0.792 bits per heavy atom. The van der Waals surface area contributed by atoms with Crippen LogP contribution in [0.1, 0.15) is 23.6 Å². The molecule has 5 heteroatoms. The van der Waals surface area contributed by atoms with Crippen molar-refractivity contribution in [1.82, 2.24) is 4.90 Å². The number of rotatable bonds is 5. The molecule has 24 heavy (non-hydrogen) atoms. The molecule has 0 amide bonds. The van der Waals surface area contributed by atoms with E-state index in [0.717, 1.165) is 19.5 Å². The summed E-state index contributed by atoms with van der Waals surface area (Å²) in [6.07, 6.45) is 1.11. The second-order valence-corrected chi connectivity index (χ2v) is 5.44. The molecule has 0 saturated carbocycles. The minimum atomic E-state index is -1.82. The third-order valence-corrected chi connectivity index (χ3v) is 3.36. The van der Waals surface area contributed by atoms with Gasteiger partial charge in [0.15, 0.2) is 0 Å². The predicted molar refractivity (Wildman–Crippen MR) is 92.7 cm³/mol. The molecule has 2 rings (SSSR count). The molecule has 2 aromatic carbocycles. The lowest BCUT2D eigenvalue weighted by atomic mass is 10.1. The fourth-order valence-corrected chi connectivity index (χ4v) is 2.14. The summed E-state index contributed by atoms with van der Waals surface area (Å²) in [4.78, 5) is 20.5. The highest BCUT2D eigenvalue weighted by molar-refractivity contribution is 6.27. The second-order valence-electron chi connectivity index (χ2n) is 5.44. The number of nitrogens with zero attached hydrogens (tertiary/aromatic N) is 1. The van der Waals surface area contributed by atoms with Crippen molar-refractivity contribution < 1.29 is 19.8 Å². The van der Waals surface area contributed by atoms with Crippen LogP contribution in [0.15, 0.2) is 54.6 Å². The molecule has 0 aromatic heterocycles. The molecule has 5 nitrogen and oxygen atoms in total. The van der Waals surface area contributed by atoms with Gasteiger partial charge in [-0.3, -0.25) is 4.90 Å². The minimum absolute atomic E-state index is 0.996. The van der Waals surface area contributed by atoms with E-state index in [9.17, 15) is 0 Å². The number of carboxylic acids is 2. The summed E-state index contributed by atoms with van der Waals surface area (Å²) >= 11 is 0. The quantitative estimate of drug-likeness (QED) is 0.825. The lowest BCUT2D eigenvalue weighted by molar-refractivity contribution is -0.159. The number of benzene rings is 2. The van der Waals surface area contributed by atoms with Gasteiger partial charge in [0.2, 0.25) is 0 Å². The smallest absolute Gasteiger partial charge is 0.414 e. The zero-order valence-electron chi connectivity index (χ0n) is 14.0. The van der Waals surface area contributed by atoms with Gasteiger partial charge in [-0.1, -0.05) is 61.5 Å². The van der Waals surface area contributed by atoms with Crippen LogP contribution in [0.2, 0.25) is 0 Å². The van der Waals surface area contributed by atoms with Crippen LogP contribution in [-0.2, 0) is 29.1 Å². The highest BCUT2D eigenvalue weighted by Crippen LogP contribution is 2.09. The van der Waals surface area contributed by atoms with Gasteiger partial charge in [-0.2, -0.15) is 0 Å². The van der Waals surface area contributed by atoms with Crippen LogP contribution in [0.5, 0.6) is 0 Å². The zero-order chi connectivity index (χ0) is 17.9. The summed E-state index contributed by atoms with van der Waals surface area (Å²) in [6, 6.07) is 19.5. The lowest BCUT2D eigenvalue weighted by Gasteiger charge is -2.17. The minimum Gasteiger partial charge on any atom is -0.473 e. The molecule has 0 spiro atoms. The van der Waals surface area contributed by atoms with Crippen molar-refractivity contribution in [2.24, 2.45) is 0 Å². The van der Waals surface area contributed by atoms with Gasteiger partial charge >= 0.3 is 11.9 Å². The molecular formula is C19H23NO4. The number of hydrogen-bond donors (Lipinski definition) is 2. The highest BCUT2D eigenvalue weighted by Gasteiger charge is 2.04. The summed E-state index contributed by atoms with van der Waals surface area (Å²) in [7, 11) is 2.17. The predicted octanol–water partition coefficient (Wildman–Crippen LogP) is 3.04. The van der Waals surface area contributed by atoms with Crippen molar-refractivity contribution in [1.29, 1.82) is 0 Å². The first-order valence-electron chi connectivity index (χ1n) is 7.68. The van der Waals surface area contributed by atoms with E-state index in [-0.39, 0.29) is 0 Å². The first kappa shape index (κ1) is 19.4. The number of aryl methyl sites for hydroxylation is 1. The van der Waals surface area contributed by atoms with Gasteiger partial charge in [-0.15, -0.1) is 0 Å². The number of aliphatic carboxylic acids is 2. The van der Waals surface area contributed by atoms with Crippen molar-refractivity contribution in [2.75, 3.05) is 7.05 Å². The van der Waals surface area contributed by atoms with Gasteiger partial charge in [-0.05, 0) is 30.2 Å². The normalized spacial score (nSPS) is 9.96. The molecule has 2 aromatic rings. The topological polar surface area (TPSA) is 77.8 Å².